The predicted molar refractivity (Wildman–Crippen MR) is 134 cm³/mol. The molecule has 186 valence electrons. The highest BCUT2D eigenvalue weighted by molar-refractivity contribution is 5.88. The fourth-order valence-corrected chi connectivity index (χ4v) is 5.56. The number of benzene rings is 1. The monoisotopic (exact) mass is 477 g/mol. The molecule has 2 aromatic rings. The van der Waals surface area contributed by atoms with E-state index in [9.17, 15) is 14.7 Å². The summed E-state index contributed by atoms with van der Waals surface area (Å²) in [5, 5.41) is 15.8. The number of hydrogen-bond donors (Lipinski definition) is 2. The second-order valence-electron chi connectivity index (χ2n) is 11.4. The van der Waals surface area contributed by atoms with Gasteiger partial charge in [-0.15, -0.1) is 0 Å². The zero-order valence-corrected chi connectivity index (χ0v) is 20.8. The quantitative estimate of drug-likeness (QED) is 0.674. The van der Waals surface area contributed by atoms with Crippen molar-refractivity contribution in [1.29, 1.82) is 0 Å². The fourth-order valence-electron chi connectivity index (χ4n) is 5.56. The Hall–Kier alpha value is -2.93. The average molecular weight is 478 g/mol. The van der Waals surface area contributed by atoms with E-state index in [2.05, 4.69) is 16.9 Å². The third-order valence-corrected chi connectivity index (χ3v) is 7.59. The number of hydrogen-bond acceptors (Lipinski definition) is 5. The minimum Gasteiger partial charge on any atom is -0.444 e. The molecule has 2 aliphatic heterocycles. The summed E-state index contributed by atoms with van der Waals surface area (Å²) in [7, 11) is 0. The molecule has 3 fully saturated rings. The molecule has 3 unspecified atom stereocenters. The number of aliphatic hydroxyl groups is 1. The van der Waals surface area contributed by atoms with E-state index in [0.717, 1.165) is 47.0 Å². The van der Waals surface area contributed by atoms with Crippen LogP contribution in [0.4, 0.5) is 4.79 Å². The van der Waals surface area contributed by atoms with Crippen LogP contribution in [0.15, 0.2) is 42.7 Å². The van der Waals surface area contributed by atoms with Crippen LogP contribution in [0.3, 0.4) is 0 Å². The summed E-state index contributed by atoms with van der Waals surface area (Å²) in [6.45, 7) is 10.4. The number of carbonyl (C=O) groups is 2. The number of aromatic nitrogens is 1. The van der Waals surface area contributed by atoms with Gasteiger partial charge in [0, 0.05) is 36.3 Å². The molecule has 3 atom stereocenters. The highest BCUT2D eigenvalue weighted by Crippen LogP contribution is 2.50. The predicted octanol–water partition coefficient (Wildman–Crippen LogP) is 4.60. The zero-order chi connectivity index (χ0) is 25.0. The van der Waals surface area contributed by atoms with E-state index in [-0.39, 0.29) is 23.8 Å². The first kappa shape index (κ1) is 23.8. The first-order valence-corrected chi connectivity index (χ1v) is 12.6. The number of piperidine rings is 2. The molecule has 3 aliphatic rings. The summed E-state index contributed by atoms with van der Waals surface area (Å²) in [5.74, 6) is 0.0536. The van der Waals surface area contributed by atoms with E-state index >= 15 is 0 Å². The maximum Gasteiger partial charge on any atom is 0.410 e. The Morgan fingerprint density at radius 1 is 1.26 bits per heavy atom. The van der Waals surface area contributed by atoms with Gasteiger partial charge in [0.15, 0.2) is 0 Å². The van der Waals surface area contributed by atoms with Crippen LogP contribution in [-0.4, -0.2) is 45.7 Å². The molecule has 0 spiro atoms. The van der Waals surface area contributed by atoms with Crippen LogP contribution in [0.1, 0.15) is 69.9 Å². The van der Waals surface area contributed by atoms with Crippen molar-refractivity contribution in [2.24, 2.45) is 11.8 Å². The standard InChI is InChI=1S/C28H35N3O4/c1-17-5-9-22(25(32)30-17)20-13-19-14-21(8-10-24(19)29-15-20)28(34)11-12-31(16-23(28)18-6-7-18)26(33)35-27(2,3)4/h8,10,13-15,18,22-23,34H,1,5-7,9,11-12,16H2,2-4H3,(H,30,32). The number of rotatable bonds is 3. The summed E-state index contributed by atoms with van der Waals surface area (Å²) in [4.78, 5) is 31.6. The Bertz CT molecular complexity index is 1180. The van der Waals surface area contributed by atoms with Gasteiger partial charge in [0.2, 0.25) is 5.91 Å². The van der Waals surface area contributed by atoms with Crippen LogP contribution >= 0.6 is 0 Å². The average Bonchev–Trinajstić information content (AvgIpc) is 3.63. The lowest BCUT2D eigenvalue weighted by Gasteiger charge is -2.45. The lowest BCUT2D eigenvalue weighted by molar-refractivity contribution is -0.122. The van der Waals surface area contributed by atoms with Gasteiger partial charge in [-0.3, -0.25) is 9.78 Å². The number of likely N-dealkylation sites (tertiary alicyclic amines) is 1. The van der Waals surface area contributed by atoms with E-state index in [1.165, 1.54) is 0 Å². The van der Waals surface area contributed by atoms with Gasteiger partial charge in [0.05, 0.1) is 17.0 Å². The van der Waals surface area contributed by atoms with Crippen LogP contribution in [0, 0.1) is 11.8 Å². The van der Waals surface area contributed by atoms with Gasteiger partial charge in [-0.05, 0) is 88.1 Å². The molecule has 3 heterocycles. The second-order valence-corrected chi connectivity index (χ2v) is 11.4. The van der Waals surface area contributed by atoms with Crippen LogP contribution in [0.25, 0.3) is 10.9 Å². The number of pyridine rings is 1. The van der Waals surface area contributed by atoms with Gasteiger partial charge in [0.25, 0.3) is 0 Å². The molecule has 1 saturated carbocycles. The molecule has 0 radical (unpaired) electrons. The SMILES string of the molecule is C=C1CCC(c2cnc3ccc(C4(O)CCN(C(=O)OC(C)(C)C)CC4C4CC4)cc3c2)C(=O)N1. The third kappa shape index (κ3) is 4.79. The topological polar surface area (TPSA) is 91.8 Å². The fraction of sp³-hybridized carbons (Fsp3) is 0.536. The van der Waals surface area contributed by atoms with E-state index in [4.69, 9.17) is 4.74 Å². The number of nitrogens with zero attached hydrogens (tertiary/aromatic N) is 2. The second kappa shape index (κ2) is 8.63. The van der Waals surface area contributed by atoms with Crippen molar-refractivity contribution in [1.82, 2.24) is 15.2 Å². The van der Waals surface area contributed by atoms with Crippen molar-refractivity contribution in [2.75, 3.05) is 13.1 Å². The summed E-state index contributed by atoms with van der Waals surface area (Å²) in [6.07, 6.45) is 5.52. The van der Waals surface area contributed by atoms with Crippen molar-refractivity contribution in [3.8, 4) is 0 Å². The molecule has 7 nitrogen and oxygen atoms in total. The number of allylic oxidation sites excluding steroid dienone is 1. The van der Waals surface area contributed by atoms with Gasteiger partial charge in [0.1, 0.15) is 5.60 Å². The highest BCUT2D eigenvalue weighted by atomic mass is 16.6. The molecule has 0 bridgehead atoms. The van der Waals surface area contributed by atoms with E-state index < -0.39 is 11.2 Å². The molecule has 2 saturated heterocycles. The van der Waals surface area contributed by atoms with E-state index in [1.54, 1.807) is 11.1 Å². The van der Waals surface area contributed by atoms with Crippen molar-refractivity contribution >= 4 is 22.9 Å². The maximum atomic E-state index is 12.7. The Morgan fingerprint density at radius 2 is 2.03 bits per heavy atom. The third-order valence-electron chi connectivity index (χ3n) is 7.59. The number of ether oxygens (including phenoxy) is 1. The maximum absolute atomic E-state index is 12.7. The number of carbonyl (C=O) groups excluding carboxylic acids is 2. The van der Waals surface area contributed by atoms with Crippen molar-refractivity contribution in [3.63, 3.8) is 0 Å². The highest BCUT2D eigenvalue weighted by Gasteiger charge is 2.50. The molecule has 1 aliphatic carbocycles. The first-order valence-electron chi connectivity index (χ1n) is 12.6. The van der Waals surface area contributed by atoms with Gasteiger partial charge < -0.3 is 20.1 Å². The Balaban J connectivity index is 1.43. The summed E-state index contributed by atoms with van der Waals surface area (Å²) in [6, 6.07) is 7.95. The first-order chi connectivity index (χ1) is 16.5. The van der Waals surface area contributed by atoms with E-state index in [0.29, 0.717) is 31.8 Å². The lowest BCUT2D eigenvalue weighted by atomic mass is 9.73. The Labute approximate surface area is 206 Å². The number of fused-ring (bicyclic) bond motifs is 1. The molecule has 7 heteroatoms. The van der Waals surface area contributed by atoms with Gasteiger partial charge in [-0.1, -0.05) is 12.6 Å². The molecule has 2 N–H and O–H groups in total. The van der Waals surface area contributed by atoms with E-state index in [1.807, 2.05) is 45.0 Å². The summed E-state index contributed by atoms with van der Waals surface area (Å²) < 4.78 is 5.60. The van der Waals surface area contributed by atoms with Crippen LogP contribution in [-0.2, 0) is 15.1 Å². The molecule has 2 amide bonds. The smallest absolute Gasteiger partial charge is 0.410 e. The molecular formula is C28H35N3O4. The van der Waals surface area contributed by atoms with Gasteiger partial charge in [-0.25, -0.2) is 4.79 Å². The summed E-state index contributed by atoms with van der Waals surface area (Å²) in [5.41, 5.74) is 1.75. The Morgan fingerprint density at radius 3 is 2.71 bits per heavy atom. The van der Waals surface area contributed by atoms with Crippen LogP contribution in [0.2, 0.25) is 0 Å². The Kier molecular flexibility index (Phi) is 5.86. The largest absolute Gasteiger partial charge is 0.444 e. The number of nitrogens with one attached hydrogen (secondary N) is 1. The lowest BCUT2D eigenvalue weighted by Crippen LogP contribution is -2.53. The van der Waals surface area contributed by atoms with Crippen LogP contribution in [0.5, 0.6) is 0 Å². The minimum atomic E-state index is -1.02. The zero-order valence-electron chi connectivity index (χ0n) is 20.8. The molecular weight excluding hydrogens is 442 g/mol. The van der Waals surface area contributed by atoms with Crippen molar-refractivity contribution in [2.45, 2.75) is 70.0 Å². The molecule has 1 aromatic carbocycles. The minimum absolute atomic E-state index is 0.0412. The molecule has 1 aromatic heterocycles. The summed E-state index contributed by atoms with van der Waals surface area (Å²) >= 11 is 0. The van der Waals surface area contributed by atoms with Gasteiger partial charge in [-0.2, -0.15) is 0 Å². The van der Waals surface area contributed by atoms with Crippen molar-refractivity contribution < 1.29 is 19.4 Å². The molecule has 35 heavy (non-hydrogen) atoms. The van der Waals surface area contributed by atoms with Gasteiger partial charge >= 0.3 is 6.09 Å². The number of amides is 2. The van der Waals surface area contributed by atoms with Crippen LogP contribution < -0.4 is 5.32 Å². The normalized spacial score (nSPS) is 27.6. The molecule has 5 rings (SSSR count). The van der Waals surface area contributed by atoms with Crippen molar-refractivity contribution in [3.05, 3.63) is 53.9 Å².